The maximum Gasteiger partial charge on any atom is 0.420 e. The van der Waals surface area contributed by atoms with Crippen LogP contribution in [-0.4, -0.2) is 9.13 Å². The predicted octanol–water partition coefficient (Wildman–Crippen LogP) is 13.7. The molecule has 2 nitrogen and oxygen atoms in total. The van der Waals surface area contributed by atoms with Crippen LogP contribution in [0, 0.1) is 17.5 Å². The number of nitrogens with zero attached hydrogens (tertiary/aromatic N) is 2. The zero-order valence-electron chi connectivity index (χ0n) is 37.0. The maximum absolute atomic E-state index is 17.0. The average Bonchev–Trinajstić information content (AvgIpc) is 3.89. The van der Waals surface area contributed by atoms with Crippen molar-refractivity contribution in [1.29, 1.82) is 0 Å². The topological polar surface area (TPSA) is 9.86 Å². The monoisotopic (exact) mass is 914 g/mol. The van der Waals surface area contributed by atoms with Crippen LogP contribution in [0.1, 0.15) is 31.2 Å². The Hall–Kier alpha value is -8.10. The first-order chi connectivity index (χ1) is 33.6. The molecule has 0 aliphatic heterocycles. The molecule has 336 valence electrons. The Morgan fingerprint density at radius 1 is 0.377 bits per heavy atom. The summed E-state index contributed by atoms with van der Waals surface area (Å²) < 4.78 is 101. The fraction of sp³-hybridized carbons (Fsp3) is 0.0820. The van der Waals surface area contributed by atoms with E-state index in [2.05, 4.69) is 0 Å². The number of allylic oxidation sites excluding steroid dienone is 16. The molecule has 4 aliphatic carbocycles. The van der Waals surface area contributed by atoms with Crippen molar-refractivity contribution in [3.05, 3.63) is 238 Å². The van der Waals surface area contributed by atoms with Crippen molar-refractivity contribution in [3.63, 3.8) is 0 Å². The van der Waals surface area contributed by atoms with E-state index in [9.17, 15) is 4.39 Å². The average molecular weight is 915 g/mol. The van der Waals surface area contributed by atoms with E-state index in [0.29, 0.717) is 69.3 Å². The molecule has 12 rings (SSSR count). The highest BCUT2D eigenvalue weighted by atomic mass is 19.4. The van der Waals surface area contributed by atoms with E-state index in [1.54, 1.807) is 9.13 Å². The van der Waals surface area contributed by atoms with Crippen molar-refractivity contribution < 1.29 is 26.3 Å². The van der Waals surface area contributed by atoms with Gasteiger partial charge in [-0.2, -0.15) is 13.2 Å². The Kier molecular flexibility index (Phi) is 10.2. The van der Waals surface area contributed by atoms with Gasteiger partial charge in [0.25, 0.3) is 0 Å². The number of benzene rings is 6. The van der Waals surface area contributed by atoms with Crippen molar-refractivity contribution >= 4 is 65.9 Å². The molecule has 0 N–H and O–H groups in total. The Morgan fingerprint density at radius 3 is 1.03 bits per heavy atom. The summed E-state index contributed by atoms with van der Waals surface area (Å²) in [6.45, 7) is 0. The Morgan fingerprint density at radius 2 is 0.725 bits per heavy atom. The van der Waals surface area contributed by atoms with Crippen LogP contribution in [0.3, 0.4) is 0 Å². The van der Waals surface area contributed by atoms with Gasteiger partial charge >= 0.3 is 6.18 Å². The minimum Gasteiger partial charge on any atom is -0.308 e. The highest BCUT2D eigenvalue weighted by Gasteiger charge is 2.40. The number of fused-ring (bicyclic) bond motifs is 6. The van der Waals surface area contributed by atoms with Crippen LogP contribution in [0.15, 0.2) is 194 Å². The van der Waals surface area contributed by atoms with Crippen molar-refractivity contribution in [3.8, 4) is 22.5 Å². The van der Waals surface area contributed by atoms with Crippen molar-refractivity contribution in [2.75, 3.05) is 0 Å². The van der Waals surface area contributed by atoms with Crippen LogP contribution in [0.25, 0.3) is 88.4 Å². The molecule has 0 bridgehead atoms. The fourth-order valence-electron chi connectivity index (χ4n) is 10.4. The van der Waals surface area contributed by atoms with Crippen molar-refractivity contribution in [2.45, 2.75) is 31.9 Å². The maximum atomic E-state index is 17.0. The third-order valence-electron chi connectivity index (χ3n) is 13.8. The molecule has 0 saturated heterocycles. The summed E-state index contributed by atoms with van der Waals surface area (Å²) in [6.07, 6.45) is 29.1. The SMILES string of the molecule is Fc1ccc(-c2cc(-n3c4cc(=C5C=CC=CC5)ccc4c4ccc(=C5C=CC=CC5)cc43)c(C(F)(F)F)c(-n3c4cc(=C5C=CC=CC5)ccc4c4ccc(=C5C=CC=CC5)cc43)c2)c(F)c1F. The van der Waals surface area contributed by atoms with Gasteiger partial charge in [0.05, 0.1) is 33.4 Å². The summed E-state index contributed by atoms with van der Waals surface area (Å²) in [6, 6.07) is 27.9. The Labute approximate surface area is 392 Å². The van der Waals surface area contributed by atoms with Gasteiger partial charge in [-0.05, 0) is 123 Å². The summed E-state index contributed by atoms with van der Waals surface area (Å²) in [4.78, 5) is 0. The van der Waals surface area contributed by atoms with E-state index in [-0.39, 0.29) is 22.5 Å². The standard InChI is InChI=1S/C61H40F6N2/c62-51-30-29-46(59(63)60(51)64)45-35-56(68-52-31-41(37-13-5-1-6-14-37)21-25-47(52)48-26-22-42(32-53(48)68)38-15-7-2-8-16-38)58(61(65,66)67)57(36-45)69-54-33-43(39-17-9-3-10-18-39)23-27-49(54)50-28-24-44(34-55(50)69)40-19-11-4-12-20-40/h1-13,15,17,19,21-36H,14,16,18,20H2. The fourth-order valence-corrected chi connectivity index (χ4v) is 10.4. The normalized spacial score (nSPS) is 18.9. The van der Waals surface area contributed by atoms with Gasteiger partial charge in [0.2, 0.25) is 0 Å². The Bertz CT molecular complexity index is 3650. The molecule has 0 amide bonds. The van der Waals surface area contributed by atoms with Crippen molar-refractivity contribution in [1.82, 2.24) is 9.13 Å². The molecular weight excluding hydrogens is 875 g/mol. The lowest BCUT2D eigenvalue weighted by Crippen LogP contribution is -2.17. The summed E-state index contributed by atoms with van der Waals surface area (Å²) in [7, 11) is 0. The largest absolute Gasteiger partial charge is 0.420 e. The minimum absolute atomic E-state index is 0.0667. The molecule has 6 aromatic carbocycles. The molecule has 8 heteroatoms. The second-order valence-corrected chi connectivity index (χ2v) is 17.8. The first kappa shape index (κ1) is 42.3. The summed E-state index contributed by atoms with van der Waals surface area (Å²) in [5.41, 5.74) is 3.88. The van der Waals surface area contributed by atoms with Gasteiger partial charge in [-0.25, -0.2) is 13.2 Å². The molecule has 2 aromatic heterocycles. The summed E-state index contributed by atoms with van der Waals surface area (Å²) in [5.74, 6) is -4.63. The van der Waals surface area contributed by atoms with Gasteiger partial charge in [-0.3, -0.25) is 0 Å². The first-order valence-corrected chi connectivity index (χ1v) is 22.9. The number of aromatic nitrogens is 2. The lowest BCUT2D eigenvalue weighted by atomic mass is 9.98. The van der Waals surface area contributed by atoms with E-state index in [0.717, 1.165) is 55.3 Å². The van der Waals surface area contributed by atoms with E-state index in [1.807, 2.05) is 170 Å². The smallest absolute Gasteiger partial charge is 0.308 e. The quantitative estimate of drug-likeness (QED) is 0.123. The van der Waals surface area contributed by atoms with Gasteiger partial charge in [0.1, 0.15) is 5.56 Å². The predicted molar refractivity (Wildman–Crippen MR) is 269 cm³/mol. The number of halogens is 6. The van der Waals surface area contributed by atoms with E-state index in [1.165, 1.54) is 12.1 Å². The molecule has 0 fully saturated rings. The molecule has 0 spiro atoms. The third kappa shape index (κ3) is 7.21. The molecular formula is C61H40F6N2. The first-order valence-electron chi connectivity index (χ1n) is 22.9. The van der Waals surface area contributed by atoms with Gasteiger partial charge in [-0.1, -0.05) is 146 Å². The summed E-state index contributed by atoms with van der Waals surface area (Å²) in [5, 5.41) is 6.16. The van der Waals surface area contributed by atoms with Crippen LogP contribution < -0.4 is 20.9 Å². The number of rotatable bonds is 3. The van der Waals surface area contributed by atoms with Crippen LogP contribution in [0.5, 0.6) is 0 Å². The molecule has 0 atom stereocenters. The lowest BCUT2D eigenvalue weighted by molar-refractivity contribution is -0.137. The van der Waals surface area contributed by atoms with Gasteiger partial charge in [0.15, 0.2) is 17.5 Å². The number of hydrogen-bond acceptors (Lipinski definition) is 0. The third-order valence-corrected chi connectivity index (χ3v) is 13.8. The molecule has 4 aliphatic rings. The second kappa shape index (κ2) is 16.6. The van der Waals surface area contributed by atoms with Crippen molar-refractivity contribution in [2.24, 2.45) is 0 Å². The lowest BCUT2D eigenvalue weighted by Gasteiger charge is -2.23. The number of alkyl halides is 3. The van der Waals surface area contributed by atoms with Gasteiger partial charge in [0, 0.05) is 27.1 Å². The van der Waals surface area contributed by atoms with Gasteiger partial charge in [-0.15, -0.1) is 0 Å². The van der Waals surface area contributed by atoms with Crippen LogP contribution in [0.4, 0.5) is 26.3 Å². The molecule has 0 radical (unpaired) electrons. The summed E-state index contributed by atoms with van der Waals surface area (Å²) >= 11 is 0. The molecule has 2 heterocycles. The Balaban J connectivity index is 1.30. The van der Waals surface area contributed by atoms with Crippen LogP contribution in [0.2, 0.25) is 0 Å². The van der Waals surface area contributed by atoms with Crippen LogP contribution >= 0.6 is 0 Å². The molecule has 0 saturated carbocycles. The zero-order valence-corrected chi connectivity index (χ0v) is 37.0. The van der Waals surface area contributed by atoms with E-state index < -0.39 is 29.2 Å². The van der Waals surface area contributed by atoms with E-state index in [4.69, 9.17) is 0 Å². The highest BCUT2D eigenvalue weighted by Crippen LogP contribution is 2.46. The molecule has 69 heavy (non-hydrogen) atoms. The molecule has 0 unspecified atom stereocenters. The van der Waals surface area contributed by atoms with Gasteiger partial charge < -0.3 is 9.13 Å². The number of hydrogen-bond donors (Lipinski definition) is 0. The van der Waals surface area contributed by atoms with E-state index >= 15 is 22.0 Å². The van der Waals surface area contributed by atoms with Crippen LogP contribution in [-0.2, 0) is 6.18 Å². The highest BCUT2D eigenvalue weighted by molar-refractivity contribution is 6.11. The second-order valence-electron chi connectivity index (χ2n) is 17.8. The molecule has 8 aromatic rings. The zero-order chi connectivity index (χ0) is 47.0. The minimum atomic E-state index is -5.03.